The van der Waals surface area contributed by atoms with E-state index in [4.69, 9.17) is 0 Å². The molecule has 0 atom stereocenters. The molecule has 0 unspecified atom stereocenters. The third-order valence-electron chi connectivity index (χ3n) is 3.67. The summed E-state index contributed by atoms with van der Waals surface area (Å²) >= 11 is 0. The van der Waals surface area contributed by atoms with Crippen LogP contribution in [-0.2, 0) is 9.59 Å². The predicted octanol–water partition coefficient (Wildman–Crippen LogP) is 1.36. The standard InChI is InChI=1S/C15H17N3O3/c1-10-3-2-4-11(7-10)16-13(19)8-18-14(20)9-17(15(18)21)12-5-6-12/h2-4,7,12H,5-6,8-9H2,1H3,(H,16,19). The van der Waals surface area contributed by atoms with Crippen LogP contribution in [-0.4, -0.2) is 46.8 Å². The van der Waals surface area contributed by atoms with Crippen LogP contribution in [0.3, 0.4) is 0 Å². The van der Waals surface area contributed by atoms with Gasteiger partial charge < -0.3 is 10.2 Å². The second-order valence-corrected chi connectivity index (χ2v) is 5.54. The van der Waals surface area contributed by atoms with Crippen molar-refractivity contribution in [3.63, 3.8) is 0 Å². The summed E-state index contributed by atoms with van der Waals surface area (Å²) in [5.74, 6) is -0.661. The number of amides is 4. The number of nitrogens with zero attached hydrogens (tertiary/aromatic N) is 2. The zero-order chi connectivity index (χ0) is 15.0. The zero-order valence-corrected chi connectivity index (χ0v) is 11.8. The van der Waals surface area contributed by atoms with E-state index >= 15 is 0 Å². The summed E-state index contributed by atoms with van der Waals surface area (Å²) < 4.78 is 0. The molecular formula is C15H17N3O3. The monoisotopic (exact) mass is 287 g/mol. The number of anilines is 1. The average Bonchev–Trinajstić information content (AvgIpc) is 3.22. The minimum atomic E-state index is -0.361. The molecule has 21 heavy (non-hydrogen) atoms. The first-order valence-electron chi connectivity index (χ1n) is 7.02. The number of nitrogens with one attached hydrogen (secondary N) is 1. The first-order valence-corrected chi connectivity index (χ1v) is 7.02. The molecule has 0 spiro atoms. The van der Waals surface area contributed by atoms with Crippen LogP contribution in [0.15, 0.2) is 24.3 Å². The molecule has 1 N–H and O–H groups in total. The van der Waals surface area contributed by atoms with Crippen LogP contribution in [0.25, 0.3) is 0 Å². The summed E-state index contributed by atoms with van der Waals surface area (Å²) in [5.41, 5.74) is 1.69. The molecule has 1 aliphatic carbocycles. The van der Waals surface area contributed by atoms with Crippen LogP contribution in [0.5, 0.6) is 0 Å². The molecule has 1 aromatic rings. The highest BCUT2D eigenvalue weighted by Crippen LogP contribution is 2.30. The molecule has 1 heterocycles. The molecule has 1 saturated heterocycles. The smallest absolute Gasteiger partial charge is 0.325 e. The Kier molecular flexibility index (Phi) is 3.37. The quantitative estimate of drug-likeness (QED) is 0.850. The molecule has 110 valence electrons. The van der Waals surface area contributed by atoms with Gasteiger partial charge in [0.05, 0.1) is 0 Å². The van der Waals surface area contributed by atoms with E-state index in [-0.39, 0.29) is 37.0 Å². The molecule has 1 aliphatic heterocycles. The molecule has 3 rings (SSSR count). The van der Waals surface area contributed by atoms with Crippen molar-refractivity contribution in [1.82, 2.24) is 9.80 Å². The van der Waals surface area contributed by atoms with Crippen LogP contribution in [0.4, 0.5) is 10.5 Å². The van der Waals surface area contributed by atoms with Crippen molar-refractivity contribution < 1.29 is 14.4 Å². The lowest BCUT2D eigenvalue weighted by Gasteiger charge is -2.16. The van der Waals surface area contributed by atoms with Crippen LogP contribution in [0.2, 0.25) is 0 Å². The van der Waals surface area contributed by atoms with Crippen molar-refractivity contribution >= 4 is 23.5 Å². The van der Waals surface area contributed by atoms with Gasteiger partial charge in [0.15, 0.2) is 0 Å². The number of benzene rings is 1. The van der Waals surface area contributed by atoms with Gasteiger partial charge in [0.1, 0.15) is 13.1 Å². The Morgan fingerprint density at radius 3 is 2.76 bits per heavy atom. The maximum atomic E-state index is 12.1. The number of carbonyl (C=O) groups is 3. The van der Waals surface area contributed by atoms with Gasteiger partial charge in [-0.2, -0.15) is 0 Å². The van der Waals surface area contributed by atoms with Crippen molar-refractivity contribution in [2.75, 3.05) is 18.4 Å². The van der Waals surface area contributed by atoms with Gasteiger partial charge in [-0.05, 0) is 37.5 Å². The van der Waals surface area contributed by atoms with Crippen molar-refractivity contribution in [1.29, 1.82) is 0 Å². The summed E-state index contributed by atoms with van der Waals surface area (Å²) in [5, 5.41) is 2.71. The van der Waals surface area contributed by atoms with Crippen molar-refractivity contribution in [3.05, 3.63) is 29.8 Å². The molecule has 6 nitrogen and oxygen atoms in total. The Morgan fingerprint density at radius 2 is 2.10 bits per heavy atom. The van der Waals surface area contributed by atoms with Gasteiger partial charge in [0.2, 0.25) is 5.91 Å². The number of carbonyl (C=O) groups excluding carboxylic acids is 3. The Bertz CT molecular complexity index is 610. The maximum absolute atomic E-state index is 12.1. The summed E-state index contributed by atoms with van der Waals surface area (Å²) in [7, 11) is 0. The van der Waals surface area contributed by atoms with E-state index in [2.05, 4.69) is 5.32 Å². The van der Waals surface area contributed by atoms with Crippen molar-refractivity contribution in [2.24, 2.45) is 0 Å². The van der Waals surface area contributed by atoms with Crippen LogP contribution < -0.4 is 5.32 Å². The van der Waals surface area contributed by atoms with Crippen LogP contribution in [0, 0.1) is 6.92 Å². The lowest BCUT2D eigenvalue weighted by molar-refractivity contribution is -0.129. The van der Waals surface area contributed by atoms with Crippen molar-refractivity contribution in [2.45, 2.75) is 25.8 Å². The molecule has 4 amide bonds. The summed E-state index contributed by atoms with van der Waals surface area (Å²) in [4.78, 5) is 38.5. The number of imide groups is 1. The lowest BCUT2D eigenvalue weighted by Crippen LogP contribution is -2.39. The molecule has 1 saturated carbocycles. The maximum Gasteiger partial charge on any atom is 0.327 e. The number of aryl methyl sites for hydroxylation is 1. The second-order valence-electron chi connectivity index (χ2n) is 5.54. The molecule has 0 bridgehead atoms. The van der Waals surface area contributed by atoms with Crippen LogP contribution in [0.1, 0.15) is 18.4 Å². The van der Waals surface area contributed by atoms with E-state index in [1.807, 2.05) is 25.1 Å². The summed E-state index contributed by atoms with van der Waals surface area (Å²) in [6, 6.07) is 7.22. The Hall–Kier alpha value is -2.37. The van der Waals surface area contributed by atoms with Gasteiger partial charge in [-0.15, -0.1) is 0 Å². The van der Waals surface area contributed by atoms with E-state index < -0.39 is 0 Å². The van der Waals surface area contributed by atoms with Gasteiger partial charge >= 0.3 is 6.03 Å². The highest BCUT2D eigenvalue weighted by atomic mass is 16.2. The molecule has 0 aromatic heterocycles. The normalized spacial score (nSPS) is 18.3. The molecule has 0 radical (unpaired) electrons. The molecule has 6 heteroatoms. The highest BCUT2D eigenvalue weighted by molar-refractivity contribution is 6.06. The van der Waals surface area contributed by atoms with E-state index in [1.54, 1.807) is 11.0 Å². The SMILES string of the molecule is Cc1cccc(NC(=O)CN2C(=O)CN(C3CC3)C2=O)c1. The number of hydrogen-bond acceptors (Lipinski definition) is 3. The van der Waals surface area contributed by atoms with Gasteiger partial charge in [0.25, 0.3) is 5.91 Å². The minimum Gasteiger partial charge on any atom is -0.325 e. The molecule has 1 aromatic carbocycles. The zero-order valence-electron chi connectivity index (χ0n) is 11.8. The lowest BCUT2D eigenvalue weighted by atomic mass is 10.2. The van der Waals surface area contributed by atoms with Gasteiger partial charge in [-0.25, -0.2) is 4.79 Å². The highest BCUT2D eigenvalue weighted by Gasteiger charge is 2.44. The van der Waals surface area contributed by atoms with Crippen LogP contribution >= 0.6 is 0 Å². The largest absolute Gasteiger partial charge is 0.327 e. The fourth-order valence-electron chi connectivity index (χ4n) is 2.45. The van der Waals surface area contributed by atoms with Gasteiger partial charge in [-0.3, -0.25) is 14.5 Å². The topological polar surface area (TPSA) is 69.7 Å². The third kappa shape index (κ3) is 2.89. The molecular weight excluding hydrogens is 270 g/mol. The Balaban J connectivity index is 1.62. The van der Waals surface area contributed by atoms with E-state index in [0.717, 1.165) is 23.3 Å². The summed E-state index contributed by atoms with van der Waals surface area (Å²) in [6.07, 6.45) is 1.89. The Labute approximate surface area is 122 Å². The molecule has 2 fully saturated rings. The first kappa shape index (κ1) is 13.6. The van der Waals surface area contributed by atoms with Gasteiger partial charge in [0, 0.05) is 11.7 Å². The van der Waals surface area contributed by atoms with E-state index in [1.165, 1.54) is 0 Å². The number of hydrogen-bond donors (Lipinski definition) is 1. The fourth-order valence-corrected chi connectivity index (χ4v) is 2.45. The third-order valence-corrected chi connectivity index (χ3v) is 3.67. The summed E-state index contributed by atoms with van der Waals surface area (Å²) in [6.45, 7) is 1.80. The average molecular weight is 287 g/mol. The Morgan fingerprint density at radius 1 is 1.33 bits per heavy atom. The number of rotatable bonds is 4. The number of urea groups is 1. The second kappa shape index (κ2) is 5.20. The fraction of sp³-hybridized carbons (Fsp3) is 0.400. The van der Waals surface area contributed by atoms with Crippen molar-refractivity contribution in [3.8, 4) is 0 Å². The molecule has 2 aliphatic rings. The van der Waals surface area contributed by atoms with Gasteiger partial charge in [-0.1, -0.05) is 12.1 Å². The predicted molar refractivity (Wildman–Crippen MR) is 76.6 cm³/mol. The minimum absolute atomic E-state index is 0.0984. The first-order chi connectivity index (χ1) is 10.0. The van der Waals surface area contributed by atoms with E-state index in [9.17, 15) is 14.4 Å². The van der Waals surface area contributed by atoms with E-state index in [0.29, 0.717) is 5.69 Å².